The minimum Gasteiger partial charge on any atom is -0.468 e. The van der Waals surface area contributed by atoms with Crippen LogP contribution < -0.4 is 5.32 Å². The molecule has 2 amide bonds. The molecule has 1 aromatic rings. The van der Waals surface area contributed by atoms with Gasteiger partial charge in [-0.15, -0.1) is 0 Å². The number of likely N-dealkylation sites (tertiary alicyclic amines) is 1. The van der Waals surface area contributed by atoms with Crippen molar-refractivity contribution in [1.82, 2.24) is 10.2 Å². The molecule has 1 aromatic heterocycles. The number of hydrogen-bond donors (Lipinski definition) is 1. The predicted molar refractivity (Wildman–Crippen MR) is 123 cm³/mol. The molecule has 1 saturated heterocycles. The largest absolute Gasteiger partial charge is 0.468 e. The van der Waals surface area contributed by atoms with Crippen LogP contribution >= 0.6 is 0 Å². The number of allylic oxidation sites excluding steroid dienone is 1. The number of ether oxygens (including phenoxy) is 1. The monoisotopic (exact) mass is 456 g/mol. The van der Waals surface area contributed by atoms with E-state index in [1.807, 2.05) is 12.1 Å². The van der Waals surface area contributed by atoms with Crippen molar-refractivity contribution in [2.45, 2.75) is 77.2 Å². The van der Waals surface area contributed by atoms with Crippen molar-refractivity contribution in [1.29, 1.82) is 0 Å². The summed E-state index contributed by atoms with van der Waals surface area (Å²) >= 11 is 0. The maximum Gasteiger partial charge on any atom is 0.317 e. The first-order chi connectivity index (χ1) is 16.0. The highest BCUT2D eigenvalue weighted by molar-refractivity contribution is 5.92. The number of amides is 2. The normalized spacial score (nSPS) is 26.2. The zero-order valence-electron chi connectivity index (χ0n) is 19.6. The van der Waals surface area contributed by atoms with E-state index in [2.05, 4.69) is 5.32 Å². The van der Waals surface area contributed by atoms with Gasteiger partial charge in [0.1, 0.15) is 11.2 Å². The van der Waals surface area contributed by atoms with E-state index in [-0.39, 0.29) is 30.7 Å². The number of carbonyl (C=O) groups is 3. The Kier molecular flexibility index (Phi) is 7.56. The summed E-state index contributed by atoms with van der Waals surface area (Å²) in [6.45, 7) is 0.916. The average Bonchev–Trinajstić information content (AvgIpc) is 3.25. The topological polar surface area (TPSA) is 88.8 Å². The number of furan rings is 1. The smallest absolute Gasteiger partial charge is 0.317 e. The summed E-state index contributed by atoms with van der Waals surface area (Å²) in [4.78, 5) is 41.3. The van der Waals surface area contributed by atoms with E-state index in [9.17, 15) is 14.4 Å². The molecule has 180 valence electrons. The highest BCUT2D eigenvalue weighted by Gasteiger charge is 2.54. The zero-order valence-corrected chi connectivity index (χ0v) is 19.6. The Balaban J connectivity index is 1.55. The van der Waals surface area contributed by atoms with Crippen LogP contribution in [0.1, 0.15) is 76.4 Å². The highest BCUT2D eigenvalue weighted by Crippen LogP contribution is 2.49. The van der Waals surface area contributed by atoms with Crippen molar-refractivity contribution in [2.24, 2.45) is 17.3 Å². The van der Waals surface area contributed by atoms with Crippen molar-refractivity contribution < 1.29 is 23.5 Å². The van der Waals surface area contributed by atoms with Gasteiger partial charge in [-0.05, 0) is 56.6 Å². The molecule has 7 nitrogen and oxygen atoms in total. The van der Waals surface area contributed by atoms with Gasteiger partial charge in [0.15, 0.2) is 0 Å². The van der Waals surface area contributed by atoms with Crippen LogP contribution in [0.5, 0.6) is 0 Å². The summed E-state index contributed by atoms with van der Waals surface area (Å²) < 4.78 is 10.8. The molecule has 0 spiro atoms. The number of hydrogen-bond acceptors (Lipinski definition) is 5. The van der Waals surface area contributed by atoms with Gasteiger partial charge in [0.25, 0.3) is 0 Å². The van der Waals surface area contributed by atoms with E-state index in [0.29, 0.717) is 36.8 Å². The number of methoxy groups -OCH3 is 1. The lowest BCUT2D eigenvalue weighted by molar-refractivity contribution is -0.160. The van der Waals surface area contributed by atoms with Crippen molar-refractivity contribution in [3.63, 3.8) is 0 Å². The Hall–Kier alpha value is -2.57. The number of nitrogens with zero attached hydrogens (tertiary/aromatic N) is 1. The van der Waals surface area contributed by atoms with Crippen molar-refractivity contribution >= 4 is 17.8 Å². The Bertz CT molecular complexity index is 871. The van der Waals surface area contributed by atoms with Gasteiger partial charge >= 0.3 is 5.97 Å². The number of nitrogens with one attached hydrogen (secondary N) is 1. The molecule has 3 aliphatic rings. The van der Waals surface area contributed by atoms with Gasteiger partial charge in [0.05, 0.1) is 19.9 Å². The third kappa shape index (κ3) is 5.17. The molecule has 33 heavy (non-hydrogen) atoms. The van der Waals surface area contributed by atoms with Gasteiger partial charge in [-0.1, -0.05) is 31.8 Å². The third-order valence-electron chi connectivity index (χ3n) is 7.60. The second-order valence-corrected chi connectivity index (χ2v) is 9.83. The van der Waals surface area contributed by atoms with Gasteiger partial charge in [0, 0.05) is 24.6 Å². The Morgan fingerprint density at radius 3 is 2.76 bits per heavy atom. The number of fused-ring (bicyclic) bond motifs is 1. The van der Waals surface area contributed by atoms with E-state index in [0.717, 1.165) is 32.1 Å². The van der Waals surface area contributed by atoms with Gasteiger partial charge in [-0.3, -0.25) is 14.4 Å². The fourth-order valence-electron chi connectivity index (χ4n) is 5.87. The second-order valence-electron chi connectivity index (χ2n) is 9.83. The fourth-order valence-corrected chi connectivity index (χ4v) is 5.87. The lowest BCUT2D eigenvalue weighted by Gasteiger charge is -2.45. The minimum atomic E-state index is -0.903. The molecule has 7 heteroatoms. The van der Waals surface area contributed by atoms with Gasteiger partial charge in [-0.2, -0.15) is 0 Å². The van der Waals surface area contributed by atoms with Crippen LogP contribution in [-0.2, 0) is 25.7 Å². The first kappa shape index (κ1) is 23.6. The summed E-state index contributed by atoms with van der Waals surface area (Å²) in [6.07, 6.45) is 13.3. The molecule has 1 aliphatic heterocycles. The minimum absolute atomic E-state index is 0.0895. The fraction of sp³-hybridized carbons (Fsp3) is 0.654. The van der Waals surface area contributed by atoms with Crippen LogP contribution in [-0.4, -0.2) is 36.3 Å². The van der Waals surface area contributed by atoms with Crippen LogP contribution in [0.15, 0.2) is 34.6 Å². The van der Waals surface area contributed by atoms with E-state index >= 15 is 0 Å². The van der Waals surface area contributed by atoms with Crippen molar-refractivity contribution in [3.8, 4) is 0 Å². The standard InChI is InChI=1S/C26H36N2O5/c1-32-25(31)26-13-7-3-6-12-22(26)28(18-21-11-8-14-33-21)24(30)20(16-26)15-23(29)27-17-19-9-4-2-5-10-19/h8,11-12,14,19-20H,2-7,9-10,13,15-18H2,1H3,(H,27,29)/t20-,26+/m1/s1. The molecule has 2 heterocycles. The van der Waals surface area contributed by atoms with Gasteiger partial charge < -0.3 is 19.4 Å². The molecule has 2 aliphatic carbocycles. The van der Waals surface area contributed by atoms with E-state index in [4.69, 9.17) is 9.15 Å². The summed E-state index contributed by atoms with van der Waals surface area (Å²) in [5.74, 6) is 0.0541. The van der Waals surface area contributed by atoms with E-state index in [1.54, 1.807) is 17.2 Å². The molecule has 0 aromatic carbocycles. The van der Waals surface area contributed by atoms with Gasteiger partial charge in [0.2, 0.25) is 11.8 Å². The van der Waals surface area contributed by atoms with E-state index in [1.165, 1.54) is 26.4 Å². The first-order valence-electron chi connectivity index (χ1n) is 12.4. The molecule has 2 atom stereocenters. The molecule has 1 saturated carbocycles. The number of piperidine rings is 1. The van der Waals surface area contributed by atoms with Crippen LogP contribution in [0, 0.1) is 17.3 Å². The molecule has 0 radical (unpaired) electrons. The Labute approximate surface area is 195 Å². The lowest BCUT2D eigenvalue weighted by atomic mass is 9.69. The second kappa shape index (κ2) is 10.6. The van der Waals surface area contributed by atoms with Gasteiger partial charge in [-0.25, -0.2) is 0 Å². The van der Waals surface area contributed by atoms with Crippen LogP contribution in [0.25, 0.3) is 0 Å². The summed E-state index contributed by atoms with van der Waals surface area (Å²) in [5, 5.41) is 3.06. The quantitative estimate of drug-likeness (QED) is 0.617. The third-order valence-corrected chi connectivity index (χ3v) is 7.60. The van der Waals surface area contributed by atoms with E-state index < -0.39 is 11.3 Å². The molecule has 2 fully saturated rings. The number of carbonyl (C=O) groups excluding carboxylic acids is 3. The summed E-state index contributed by atoms with van der Waals surface area (Å²) in [5.41, 5.74) is -0.188. The average molecular weight is 457 g/mol. The SMILES string of the molecule is COC(=O)[C@]12CCCCC=C1N(Cc1ccco1)C(=O)[C@H](CC(=O)NCC1CCCCC1)C2. The molecular formula is C26H36N2O5. The number of rotatable bonds is 7. The Morgan fingerprint density at radius 2 is 2.03 bits per heavy atom. The molecule has 0 unspecified atom stereocenters. The van der Waals surface area contributed by atoms with Crippen molar-refractivity contribution in [3.05, 3.63) is 35.9 Å². The summed E-state index contributed by atoms with van der Waals surface area (Å²) in [7, 11) is 1.40. The molecular weight excluding hydrogens is 420 g/mol. The predicted octanol–water partition coefficient (Wildman–Crippen LogP) is 4.33. The Morgan fingerprint density at radius 1 is 1.21 bits per heavy atom. The maximum atomic E-state index is 13.6. The van der Waals surface area contributed by atoms with Crippen LogP contribution in [0.3, 0.4) is 0 Å². The lowest BCUT2D eigenvalue weighted by Crippen LogP contribution is -2.53. The first-order valence-corrected chi connectivity index (χ1v) is 12.4. The number of esters is 1. The maximum absolute atomic E-state index is 13.6. The highest BCUT2D eigenvalue weighted by atomic mass is 16.5. The zero-order chi connectivity index (χ0) is 23.3. The molecule has 0 bridgehead atoms. The molecule has 4 rings (SSSR count). The van der Waals surface area contributed by atoms with Crippen LogP contribution in [0.4, 0.5) is 0 Å². The molecule has 1 N–H and O–H groups in total. The van der Waals surface area contributed by atoms with Crippen molar-refractivity contribution in [2.75, 3.05) is 13.7 Å². The van der Waals surface area contributed by atoms with Crippen LogP contribution in [0.2, 0.25) is 0 Å². The summed E-state index contributed by atoms with van der Waals surface area (Å²) in [6, 6.07) is 3.61.